The number of aryl methyl sites for hydroxylation is 1. The molecular formula is C18H19N5O2. The number of fused-ring (bicyclic) bond motifs is 3. The van der Waals surface area contributed by atoms with Crippen LogP contribution >= 0.6 is 0 Å². The summed E-state index contributed by atoms with van der Waals surface area (Å²) in [6.45, 7) is 4.95. The van der Waals surface area contributed by atoms with Crippen molar-refractivity contribution in [1.29, 1.82) is 0 Å². The normalized spacial score (nSPS) is 11.5. The van der Waals surface area contributed by atoms with Gasteiger partial charge in [0.05, 0.1) is 12.0 Å². The van der Waals surface area contributed by atoms with Crippen LogP contribution in [0.1, 0.15) is 17.1 Å². The van der Waals surface area contributed by atoms with Gasteiger partial charge < -0.3 is 14.4 Å². The fourth-order valence-corrected chi connectivity index (χ4v) is 3.07. The van der Waals surface area contributed by atoms with Gasteiger partial charge in [0.15, 0.2) is 11.5 Å². The third-order valence-electron chi connectivity index (χ3n) is 4.42. The molecule has 0 aliphatic rings. The van der Waals surface area contributed by atoms with E-state index in [-0.39, 0.29) is 6.61 Å². The molecular weight excluding hydrogens is 318 g/mol. The second-order valence-corrected chi connectivity index (χ2v) is 5.93. The molecule has 0 saturated carbocycles. The average molecular weight is 337 g/mol. The van der Waals surface area contributed by atoms with E-state index in [4.69, 9.17) is 4.74 Å². The molecule has 128 valence electrons. The molecule has 0 radical (unpaired) electrons. The van der Waals surface area contributed by atoms with Gasteiger partial charge in [-0.3, -0.25) is 0 Å². The highest BCUT2D eigenvalue weighted by Crippen LogP contribution is 2.26. The van der Waals surface area contributed by atoms with Gasteiger partial charge in [-0.2, -0.15) is 0 Å². The van der Waals surface area contributed by atoms with Crippen LogP contribution in [-0.2, 0) is 13.2 Å². The Labute approximate surface area is 144 Å². The predicted octanol–water partition coefficient (Wildman–Crippen LogP) is 2.27. The van der Waals surface area contributed by atoms with Gasteiger partial charge >= 0.3 is 0 Å². The van der Waals surface area contributed by atoms with E-state index in [0.29, 0.717) is 19.0 Å². The molecule has 4 rings (SSSR count). The summed E-state index contributed by atoms with van der Waals surface area (Å²) in [5.74, 6) is 1.39. The lowest BCUT2D eigenvalue weighted by atomic mass is 10.2. The molecule has 1 aromatic carbocycles. The van der Waals surface area contributed by atoms with E-state index in [0.717, 1.165) is 33.7 Å². The summed E-state index contributed by atoms with van der Waals surface area (Å²) in [5.41, 5.74) is 3.76. The van der Waals surface area contributed by atoms with Crippen molar-refractivity contribution < 1.29 is 9.84 Å². The summed E-state index contributed by atoms with van der Waals surface area (Å²) in [6.07, 6.45) is 1.66. The summed E-state index contributed by atoms with van der Waals surface area (Å²) in [5, 5.41) is 14.7. The maximum Gasteiger partial charge on any atom is 0.189 e. The molecule has 3 heterocycles. The molecule has 1 N–H and O–H groups in total. The van der Waals surface area contributed by atoms with Crippen LogP contribution in [0, 0.1) is 13.8 Å². The lowest BCUT2D eigenvalue weighted by Crippen LogP contribution is -2.05. The molecule has 0 bridgehead atoms. The van der Waals surface area contributed by atoms with E-state index in [1.165, 1.54) is 0 Å². The summed E-state index contributed by atoms with van der Waals surface area (Å²) in [4.78, 5) is 9.16. The minimum Gasteiger partial charge on any atom is -0.486 e. The minimum absolute atomic E-state index is 0.0692. The SMILES string of the molecule is Cc1c(C)n(CCO)c2ncn3nc(COc4ccccc4)nc3c12. The third kappa shape index (κ3) is 2.62. The van der Waals surface area contributed by atoms with E-state index in [1.807, 2.05) is 48.7 Å². The van der Waals surface area contributed by atoms with Crippen LogP contribution in [0.4, 0.5) is 0 Å². The molecule has 7 nitrogen and oxygen atoms in total. The zero-order chi connectivity index (χ0) is 17.4. The van der Waals surface area contributed by atoms with Gasteiger partial charge in [0.2, 0.25) is 0 Å². The minimum atomic E-state index is 0.0692. The quantitative estimate of drug-likeness (QED) is 0.604. The average Bonchev–Trinajstić information content (AvgIpc) is 3.15. The first kappa shape index (κ1) is 15.6. The second kappa shape index (κ2) is 6.18. The maximum atomic E-state index is 9.31. The van der Waals surface area contributed by atoms with Crippen LogP contribution in [0.5, 0.6) is 5.75 Å². The highest BCUT2D eigenvalue weighted by Gasteiger charge is 2.17. The number of aliphatic hydroxyl groups excluding tert-OH is 1. The number of aromatic nitrogens is 5. The topological polar surface area (TPSA) is 77.5 Å². The zero-order valence-corrected chi connectivity index (χ0v) is 14.2. The molecule has 25 heavy (non-hydrogen) atoms. The Balaban J connectivity index is 1.75. The smallest absolute Gasteiger partial charge is 0.189 e. The van der Waals surface area contributed by atoms with Crippen LogP contribution in [0.2, 0.25) is 0 Å². The number of para-hydroxylation sites is 1. The largest absolute Gasteiger partial charge is 0.486 e. The first-order valence-corrected chi connectivity index (χ1v) is 8.17. The van der Waals surface area contributed by atoms with Gasteiger partial charge in [0, 0.05) is 12.2 Å². The number of nitrogens with zero attached hydrogens (tertiary/aromatic N) is 5. The number of hydrogen-bond acceptors (Lipinski definition) is 5. The molecule has 0 aliphatic carbocycles. The molecule has 4 aromatic rings. The number of rotatable bonds is 5. The lowest BCUT2D eigenvalue weighted by Gasteiger charge is -2.04. The van der Waals surface area contributed by atoms with Gasteiger partial charge in [-0.05, 0) is 31.5 Å². The molecule has 0 unspecified atom stereocenters. The molecule has 0 saturated heterocycles. The molecule has 0 aliphatic heterocycles. The van der Waals surface area contributed by atoms with Crippen molar-refractivity contribution in [3.05, 3.63) is 53.7 Å². The molecule has 0 spiro atoms. The van der Waals surface area contributed by atoms with Gasteiger partial charge in [-0.1, -0.05) is 18.2 Å². The lowest BCUT2D eigenvalue weighted by molar-refractivity contribution is 0.276. The highest BCUT2D eigenvalue weighted by molar-refractivity contribution is 5.93. The van der Waals surface area contributed by atoms with Gasteiger partial charge in [0.1, 0.15) is 24.3 Å². The zero-order valence-electron chi connectivity index (χ0n) is 14.2. The monoisotopic (exact) mass is 337 g/mol. The molecule has 0 fully saturated rings. The Morgan fingerprint density at radius 2 is 1.92 bits per heavy atom. The molecule has 7 heteroatoms. The van der Waals surface area contributed by atoms with Crippen molar-refractivity contribution in [2.24, 2.45) is 0 Å². The summed E-state index contributed by atoms with van der Waals surface area (Å²) >= 11 is 0. The van der Waals surface area contributed by atoms with Gasteiger partial charge in [0.25, 0.3) is 0 Å². The highest BCUT2D eigenvalue weighted by atomic mass is 16.5. The fourth-order valence-electron chi connectivity index (χ4n) is 3.07. The summed E-state index contributed by atoms with van der Waals surface area (Å²) in [7, 11) is 0. The van der Waals surface area contributed by atoms with Crippen LogP contribution in [-0.4, -0.2) is 35.9 Å². The Morgan fingerprint density at radius 1 is 1.12 bits per heavy atom. The Morgan fingerprint density at radius 3 is 2.68 bits per heavy atom. The third-order valence-corrected chi connectivity index (χ3v) is 4.42. The van der Waals surface area contributed by atoms with Crippen molar-refractivity contribution >= 4 is 16.7 Å². The Kier molecular flexibility index (Phi) is 3.85. The Hall–Kier alpha value is -2.93. The van der Waals surface area contributed by atoms with Crippen molar-refractivity contribution in [2.45, 2.75) is 27.0 Å². The standard InChI is InChI=1S/C18H19N5O2/c1-12-13(2)22(8-9-24)17-16(12)18-20-15(21-23(18)11-19-17)10-25-14-6-4-3-5-7-14/h3-7,11,24H,8-10H2,1-2H3. The van der Waals surface area contributed by atoms with Crippen LogP contribution < -0.4 is 4.74 Å². The second-order valence-electron chi connectivity index (χ2n) is 5.93. The summed E-state index contributed by atoms with van der Waals surface area (Å²) < 4.78 is 9.43. The van der Waals surface area contributed by atoms with E-state index in [2.05, 4.69) is 15.1 Å². The summed E-state index contributed by atoms with van der Waals surface area (Å²) in [6, 6.07) is 9.60. The molecule has 0 atom stereocenters. The van der Waals surface area contributed by atoms with Crippen molar-refractivity contribution in [3.8, 4) is 5.75 Å². The Bertz CT molecular complexity index is 1040. The van der Waals surface area contributed by atoms with Crippen molar-refractivity contribution in [2.75, 3.05) is 6.61 Å². The van der Waals surface area contributed by atoms with Gasteiger partial charge in [-0.15, -0.1) is 5.10 Å². The first-order chi connectivity index (χ1) is 12.2. The molecule has 0 amide bonds. The number of hydrogen-bond donors (Lipinski definition) is 1. The first-order valence-electron chi connectivity index (χ1n) is 8.17. The van der Waals surface area contributed by atoms with Crippen LogP contribution in [0.3, 0.4) is 0 Å². The van der Waals surface area contributed by atoms with E-state index < -0.39 is 0 Å². The number of ether oxygens (including phenoxy) is 1. The van der Waals surface area contributed by atoms with E-state index in [1.54, 1.807) is 10.8 Å². The maximum absolute atomic E-state index is 9.31. The van der Waals surface area contributed by atoms with E-state index >= 15 is 0 Å². The van der Waals surface area contributed by atoms with Crippen LogP contribution in [0.25, 0.3) is 16.7 Å². The van der Waals surface area contributed by atoms with Crippen molar-refractivity contribution in [3.63, 3.8) is 0 Å². The van der Waals surface area contributed by atoms with E-state index in [9.17, 15) is 5.11 Å². The van der Waals surface area contributed by atoms with Gasteiger partial charge in [-0.25, -0.2) is 14.5 Å². The number of aliphatic hydroxyl groups is 1. The fraction of sp³-hybridized carbons (Fsp3) is 0.278. The molecule has 3 aromatic heterocycles. The number of benzene rings is 1. The predicted molar refractivity (Wildman–Crippen MR) is 93.6 cm³/mol. The van der Waals surface area contributed by atoms with Crippen molar-refractivity contribution in [1.82, 2.24) is 24.1 Å². The van der Waals surface area contributed by atoms with Crippen LogP contribution in [0.15, 0.2) is 36.7 Å².